The number of hydrogen-bond acceptors (Lipinski definition) is 5. The molecule has 0 spiro atoms. The third kappa shape index (κ3) is 2.11. The molecule has 1 aliphatic carbocycles. The highest BCUT2D eigenvalue weighted by Crippen LogP contribution is 2.27. The van der Waals surface area contributed by atoms with Crippen LogP contribution in [0.25, 0.3) is 0 Å². The predicted octanol–water partition coefficient (Wildman–Crippen LogP) is -1.69. The molecule has 0 aromatic heterocycles. The molecule has 1 rings (SSSR count). The van der Waals surface area contributed by atoms with E-state index in [9.17, 15) is 20.4 Å². The minimum atomic E-state index is -1.48. The molecule has 0 heterocycles. The van der Waals surface area contributed by atoms with Gasteiger partial charge in [-0.3, -0.25) is 0 Å². The van der Waals surface area contributed by atoms with Crippen LogP contribution in [0.1, 0.15) is 6.92 Å². The highest BCUT2D eigenvalue weighted by Gasteiger charge is 2.40. The summed E-state index contributed by atoms with van der Waals surface area (Å²) >= 11 is 0. The van der Waals surface area contributed by atoms with E-state index >= 15 is 0 Å². The Morgan fingerprint density at radius 3 is 2.07 bits per heavy atom. The lowest BCUT2D eigenvalue weighted by Crippen LogP contribution is -2.51. The van der Waals surface area contributed by atoms with E-state index in [2.05, 4.69) is 0 Å². The number of aliphatic hydroxyl groups is 5. The second-order valence-electron chi connectivity index (χ2n) is 3.51. The zero-order valence-electron chi connectivity index (χ0n) is 8.41. The van der Waals surface area contributed by atoms with Crippen LogP contribution in [0.4, 0.5) is 0 Å². The van der Waals surface area contributed by atoms with Gasteiger partial charge in [-0.15, -0.1) is 0 Å². The van der Waals surface area contributed by atoms with Gasteiger partial charge in [-0.05, 0) is 18.1 Å². The average Bonchev–Trinajstić information content (AvgIpc) is 2.24. The van der Waals surface area contributed by atoms with Crippen LogP contribution in [0.2, 0.25) is 0 Å². The van der Waals surface area contributed by atoms with Gasteiger partial charge in [-0.2, -0.15) is 0 Å². The molecule has 15 heavy (non-hydrogen) atoms. The summed E-state index contributed by atoms with van der Waals surface area (Å²) in [5, 5.41) is 47.0. The van der Waals surface area contributed by atoms with Crippen molar-refractivity contribution in [2.75, 3.05) is 6.61 Å². The summed E-state index contributed by atoms with van der Waals surface area (Å²) in [6.07, 6.45) is -2.45. The van der Waals surface area contributed by atoms with Crippen molar-refractivity contribution in [1.82, 2.24) is 0 Å². The summed E-state index contributed by atoms with van der Waals surface area (Å²) < 4.78 is 0. The highest BCUT2D eigenvalue weighted by molar-refractivity contribution is 5.37. The minimum absolute atomic E-state index is 0.137. The maximum absolute atomic E-state index is 9.62. The average molecular weight is 216 g/mol. The number of hydrogen-bond donors (Lipinski definition) is 5. The molecule has 1 aliphatic rings. The van der Waals surface area contributed by atoms with E-state index in [0.717, 1.165) is 0 Å². The largest absolute Gasteiger partial charge is 0.392 e. The maximum atomic E-state index is 9.62. The first-order chi connectivity index (χ1) is 7.04. The van der Waals surface area contributed by atoms with Crippen LogP contribution in [-0.4, -0.2) is 56.6 Å². The van der Waals surface area contributed by atoms with Gasteiger partial charge in [0.25, 0.3) is 0 Å². The number of aliphatic hydroxyl groups excluding tert-OH is 5. The third-order valence-corrected chi connectivity index (χ3v) is 2.56. The van der Waals surface area contributed by atoms with Gasteiger partial charge in [-0.1, -0.05) is 12.2 Å². The summed E-state index contributed by atoms with van der Waals surface area (Å²) in [5.41, 5.74) is 0.392. The van der Waals surface area contributed by atoms with Crippen LogP contribution in [-0.2, 0) is 0 Å². The molecule has 0 bridgehead atoms. The fraction of sp³-hybridized carbons (Fsp3) is 0.600. The third-order valence-electron chi connectivity index (χ3n) is 2.56. The van der Waals surface area contributed by atoms with Gasteiger partial charge < -0.3 is 25.5 Å². The van der Waals surface area contributed by atoms with Crippen molar-refractivity contribution in [3.63, 3.8) is 0 Å². The zero-order chi connectivity index (χ0) is 11.6. The quantitative estimate of drug-likeness (QED) is 0.379. The van der Waals surface area contributed by atoms with Crippen LogP contribution in [0.3, 0.4) is 0 Å². The van der Waals surface area contributed by atoms with Crippen molar-refractivity contribution in [3.8, 4) is 0 Å². The second-order valence-corrected chi connectivity index (χ2v) is 3.51. The van der Waals surface area contributed by atoms with Gasteiger partial charge in [0.15, 0.2) is 0 Å². The van der Waals surface area contributed by atoms with E-state index in [1.807, 2.05) is 0 Å². The lowest BCUT2D eigenvalue weighted by molar-refractivity contribution is -0.0978. The van der Waals surface area contributed by atoms with Crippen molar-refractivity contribution in [1.29, 1.82) is 0 Å². The molecule has 0 radical (unpaired) electrons. The second kappa shape index (κ2) is 4.87. The minimum Gasteiger partial charge on any atom is -0.392 e. The SMILES string of the molecule is C/C=C/C1=C(CO)[C@@H](O)[C@@H](O)[C@H](O)[C@@H]1O. The Labute approximate surface area is 87.6 Å². The molecule has 0 unspecified atom stereocenters. The molecule has 5 heteroatoms. The van der Waals surface area contributed by atoms with Crippen LogP contribution >= 0.6 is 0 Å². The van der Waals surface area contributed by atoms with Crippen LogP contribution < -0.4 is 0 Å². The highest BCUT2D eigenvalue weighted by atomic mass is 16.4. The fourth-order valence-corrected chi connectivity index (χ4v) is 1.69. The van der Waals surface area contributed by atoms with Crippen molar-refractivity contribution >= 4 is 0 Å². The summed E-state index contributed by atoms with van der Waals surface area (Å²) in [7, 11) is 0. The summed E-state index contributed by atoms with van der Waals surface area (Å²) in [6, 6.07) is 0. The first kappa shape index (κ1) is 12.4. The van der Waals surface area contributed by atoms with Gasteiger partial charge in [0.05, 0.1) is 6.61 Å². The van der Waals surface area contributed by atoms with Gasteiger partial charge in [-0.25, -0.2) is 0 Å². The monoisotopic (exact) mass is 216 g/mol. The molecule has 0 saturated heterocycles. The molecule has 5 nitrogen and oxygen atoms in total. The van der Waals surface area contributed by atoms with Crippen molar-refractivity contribution < 1.29 is 25.5 Å². The topological polar surface area (TPSA) is 101 Å². The van der Waals surface area contributed by atoms with Crippen LogP contribution in [0.5, 0.6) is 0 Å². The van der Waals surface area contributed by atoms with E-state index in [1.165, 1.54) is 6.08 Å². The molecule has 0 aromatic carbocycles. The van der Waals surface area contributed by atoms with Gasteiger partial charge in [0, 0.05) is 0 Å². The van der Waals surface area contributed by atoms with Crippen molar-refractivity contribution in [2.24, 2.45) is 0 Å². The smallest absolute Gasteiger partial charge is 0.113 e. The lowest BCUT2D eigenvalue weighted by Gasteiger charge is -2.35. The summed E-state index contributed by atoms with van der Waals surface area (Å²) in [6.45, 7) is 1.24. The number of allylic oxidation sites excluding steroid dienone is 1. The summed E-state index contributed by atoms with van der Waals surface area (Å²) in [4.78, 5) is 0. The van der Waals surface area contributed by atoms with E-state index in [0.29, 0.717) is 0 Å². The summed E-state index contributed by atoms with van der Waals surface area (Å²) in [5.74, 6) is 0. The van der Waals surface area contributed by atoms with Gasteiger partial charge in [0.1, 0.15) is 24.4 Å². The van der Waals surface area contributed by atoms with E-state index in [1.54, 1.807) is 13.0 Å². The van der Waals surface area contributed by atoms with Crippen molar-refractivity contribution in [2.45, 2.75) is 31.3 Å². The van der Waals surface area contributed by atoms with Gasteiger partial charge >= 0.3 is 0 Å². The predicted molar refractivity (Wildman–Crippen MR) is 53.0 cm³/mol. The molecule has 0 saturated carbocycles. The molecule has 0 amide bonds. The molecule has 4 atom stereocenters. The molecule has 0 aromatic rings. The fourth-order valence-electron chi connectivity index (χ4n) is 1.69. The Morgan fingerprint density at radius 2 is 1.60 bits per heavy atom. The molecular formula is C10H16O5. The van der Waals surface area contributed by atoms with Crippen LogP contribution in [0, 0.1) is 0 Å². The Hall–Kier alpha value is -0.720. The number of rotatable bonds is 2. The molecule has 0 fully saturated rings. The molecule has 5 N–H and O–H groups in total. The zero-order valence-corrected chi connectivity index (χ0v) is 8.41. The Kier molecular flexibility index (Phi) is 4.01. The first-order valence-electron chi connectivity index (χ1n) is 4.73. The van der Waals surface area contributed by atoms with Gasteiger partial charge in [0.2, 0.25) is 0 Å². The van der Waals surface area contributed by atoms with Crippen molar-refractivity contribution in [3.05, 3.63) is 23.3 Å². The molecule has 86 valence electrons. The Balaban J connectivity index is 3.17. The van der Waals surface area contributed by atoms with E-state index in [4.69, 9.17) is 5.11 Å². The standard InChI is InChI=1S/C10H16O5/c1-2-3-5-6(4-11)8(13)10(15)9(14)7(5)12/h2-3,7-15H,4H2,1H3/b3-2+/t7-,8-,9-,10-/m1/s1. The van der Waals surface area contributed by atoms with E-state index in [-0.39, 0.29) is 11.1 Å². The normalized spacial score (nSPS) is 37.7. The van der Waals surface area contributed by atoms with E-state index < -0.39 is 31.0 Å². The Bertz CT molecular complexity index is 284. The Morgan fingerprint density at radius 1 is 1.07 bits per heavy atom. The van der Waals surface area contributed by atoms with Crippen LogP contribution in [0.15, 0.2) is 23.3 Å². The lowest BCUT2D eigenvalue weighted by atomic mass is 9.83. The molecular weight excluding hydrogens is 200 g/mol. The molecule has 0 aliphatic heterocycles. The maximum Gasteiger partial charge on any atom is 0.113 e. The first-order valence-corrected chi connectivity index (χ1v) is 4.73.